The first-order valence-electron chi connectivity index (χ1n) is 9.05. The van der Waals surface area contributed by atoms with Crippen molar-refractivity contribution in [3.8, 4) is 0 Å². The molecule has 0 unspecified atom stereocenters. The van der Waals surface area contributed by atoms with Gasteiger partial charge in [-0.05, 0) is 27.7 Å². The molecule has 2 aliphatic rings. The number of hydrogen-bond donors (Lipinski definition) is 0. The Hall–Kier alpha value is -1.72. The molecule has 0 heterocycles. The van der Waals surface area contributed by atoms with Crippen molar-refractivity contribution in [2.45, 2.75) is 67.9 Å². The van der Waals surface area contributed by atoms with E-state index in [-0.39, 0.29) is 24.6 Å². The van der Waals surface area contributed by atoms with Crippen LogP contribution in [0.25, 0.3) is 0 Å². The van der Waals surface area contributed by atoms with Gasteiger partial charge in [0, 0.05) is 10.8 Å². The molecule has 0 aliphatic heterocycles. The molecule has 0 aromatic rings. The summed E-state index contributed by atoms with van der Waals surface area (Å²) in [5, 5.41) is 0. The predicted molar refractivity (Wildman–Crippen MR) is 94.1 cm³/mol. The van der Waals surface area contributed by atoms with E-state index in [9.17, 15) is 19.2 Å². The molecular weight excluding hydrogens is 336 g/mol. The monoisotopic (exact) mass is 366 g/mol. The number of ether oxygens (including phenoxy) is 2. The molecule has 0 radical (unpaired) electrons. The first-order valence-corrected chi connectivity index (χ1v) is 9.05. The molecule has 2 rings (SSSR count). The van der Waals surface area contributed by atoms with Crippen molar-refractivity contribution in [1.82, 2.24) is 0 Å². The maximum Gasteiger partial charge on any atom is 0.310 e. The van der Waals surface area contributed by atoms with Gasteiger partial charge < -0.3 is 9.47 Å². The minimum Gasteiger partial charge on any atom is -0.465 e. The first kappa shape index (κ1) is 20.6. The Labute approximate surface area is 155 Å². The lowest BCUT2D eigenvalue weighted by Crippen LogP contribution is -2.65. The average Bonchev–Trinajstić information content (AvgIpc) is 2.50. The van der Waals surface area contributed by atoms with Crippen molar-refractivity contribution >= 4 is 23.5 Å². The van der Waals surface area contributed by atoms with Gasteiger partial charge in [-0.2, -0.15) is 0 Å². The SMILES string of the molecule is CC1(C)C(=O)C(C)(C)C1OC(=O)CCOC(=O)C1C(C)(C)C(=O)C1(C)C. The van der Waals surface area contributed by atoms with Crippen molar-refractivity contribution < 1.29 is 28.7 Å². The second-order valence-corrected chi connectivity index (χ2v) is 9.77. The van der Waals surface area contributed by atoms with Gasteiger partial charge in [-0.1, -0.05) is 27.7 Å². The number of Topliss-reactive ketones (excluding diaryl/α,β-unsaturated/α-hetero) is 2. The van der Waals surface area contributed by atoms with Crippen LogP contribution in [0.15, 0.2) is 0 Å². The van der Waals surface area contributed by atoms with E-state index in [1.165, 1.54) is 0 Å². The molecule has 6 heteroatoms. The van der Waals surface area contributed by atoms with Gasteiger partial charge in [0.1, 0.15) is 18.5 Å². The lowest BCUT2D eigenvalue weighted by molar-refractivity contribution is -0.199. The smallest absolute Gasteiger partial charge is 0.310 e. The highest BCUT2D eigenvalue weighted by atomic mass is 16.6. The number of ketones is 2. The maximum absolute atomic E-state index is 12.4. The zero-order valence-electron chi connectivity index (χ0n) is 17.0. The highest BCUT2D eigenvalue weighted by Crippen LogP contribution is 2.56. The van der Waals surface area contributed by atoms with E-state index in [4.69, 9.17) is 9.47 Å². The molecule has 6 nitrogen and oxygen atoms in total. The van der Waals surface area contributed by atoms with E-state index in [0.717, 1.165) is 0 Å². The molecule has 0 saturated heterocycles. The van der Waals surface area contributed by atoms with Crippen LogP contribution in [0.5, 0.6) is 0 Å². The summed E-state index contributed by atoms with van der Waals surface area (Å²) in [6.45, 7) is 13.9. The van der Waals surface area contributed by atoms with Crippen LogP contribution in [0.1, 0.15) is 61.8 Å². The van der Waals surface area contributed by atoms with Crippen LogP contribution >= 0.6 is 0 Å². The standard InChI is InChI=1S/C20H30O6/c1-17(2)12(18(3,4)14(17)23)13(22)25-10-9-11(21)26-16-19(5,6)15(24)20(16,7)8/h12,16H,9-10H2,1-8H3. The molecule has 2 fully saturated rings. The fraction of sp³-hybridized carbons (Fsp3) is 0.800. The van der Waals surface area contributed by atoms with Crippen molar-refractivity contribution in [2.24, 2.45) is 27.6 Å². The Morgan fingerprint density at radius 3 is 1.69 bits per heavy atom. The van der Waals surface area contributed by atoms with Crippen LogP contribution in [0, 0.1) is 27.6 Å². The highest BCUT2D eigenvalue weighted by Gasteiger charge is 2.65. The summed E-state index contributed by atoms with van der Waals surface area (Å²) in [5.41, 5.74) is -2.89. The second-order valence-electron chi connectivity index (χ2n) is 9.77. The van der Waals surface area contributed by atoms with Crippen molar-refractivity contribution in [1.29, 1.82) is 0 Å². The second kappa shape index (κ2) is 5.89. The van der Waals surface area contributed by atoms with Crippen molar-refractivity contribution in [2.75, 3.05) is 6.61 Å². The molecule has 0 atom stereocenters. The topological polar surface area (TPSA) is 86.7 Å². The molecule has 26 heavy (non-hydrogen) atoms. The molecule has 0 bridgehead atoms. The Morgan fingerprint density at radius 1 is 0.808 bits per heavy atom. The van der Waals surface area contributed by atoms with Crippen LogP contribution in [-0.4, -0.2) is 36.2 Å². The van der Waals surface area contributed by atoms with Crippen molar-refractivity contribution in [3.05, 3.63) is 0 Å². The summed E-state index contributed by atoms with van der Waals surface area (Å²) >= 11 is 0. The van der Waals surface area contributed by atoms with Crippen LogP contribution in [-0.2, 0) is 28.7 Å². The van der Waals surface area contributed by atoms with Gasteiger partial charge in [-0.3, -0.25) is 19.2 Å². The van der Waals surface area contributed by atoms with Crippen LogP contribution in [0.4, 0.5) is 0 Å². The molecule has 146 valence electrons. The summed E-state index contributed by atoms with van der Waals surface area (Å²) < 4.78 is 10.7. The number of carbonyl (C=O) groups is 4. The molecule has 0 amide bonds. The number of esters is 2. The quantitative estimate of drug-likeness (QED) is 0.695. The number of carbonyl (C=O) groups excluding carboxylic acids is 4. The van der Waals surface area contributed by atoms with Gasteiger partial charge >= 0.3 is 11.9 Å². The van der Waals surface area contributed by atoms with Gasteiger partial charge in [0.05, 0.1) is 23.2 Å². The molecule has 2 saturated carbocycles. The van der Waals surface area contributed by atoms with Crippen LogP contribution in [0.3, 0.4) is 0 Å². The minimum absolute atomic E-state index is 0.0328. The maximum atomic E-state index is 12.4. The number of rotatable bonds is 5. The van der Waals surface area contributed by atoms with Gasteiger partial charge in [0.15, 0.2) is 5.78 Å². The summed E-state index contributed by atoms with van der Waals surface area (Å²) in [7, 11) is 0. The van der Waals surface area contributed by atoms with E-state index >= 15 is 0 Å². The minimum atomic E-state index is -0.749. The van der Waals surface area contributed by atoms with E-state index in [2.05, 4.69) is 0 Å². The van der Waals surface area contributed by atoms with E-state index in [0.29, 0.717) is 0 Å². The lowest BCUT2D eigenvalue weighted by atomic mass is 9.47. The Kier molecular flexibility index (Phi) is 4.67. The van der Waals surface area contributed by atoms with Crippen LogP contribution in [0.2, 0.25) is 0 Å². The predicted octanol–water partition coefficient (Wildman–Crippen LogP) is 2.72. The Balaban J connectivity index is 1.85. The molecule has 0 spiro atoms. The zero-order chi connectivity index (χ0) is 20.3. The Morgan fingerprint density at radius 2 is 1.23 bits per heavy atom. The van der Waals surface area contributed by atoms with Gasteiger partial charge in [0.25, 0.3) is 0 Å². The Bertz CT molecular complexity index is 632. The fourth-order valence-electron chi connectivity index (χ4n) is 5.20. The van der Waals surface area contributed by atoms with Crippen molar-refractivity contribution in [3.63, 3.8) is 0 Å². The van der Waals surface area contributed by atoms with E-state index in [1.54, 1.807) is 55.4 Å². The lowest BCUT2D eigenvalue weighted by Gasteiger charge is -2.54. The van der Waals surface area contributed by atoms with Crippen LogP contribution < -0.4 is 0 Å². The molecular formula is C20H30O6. The third-order valence-electron chi connectivity index (χ3n) is 6.13. The summed E-state index contributed by atoms with van der Waals surface area (Å²) in [5.74, 6) is -1.40. The summed E-state index contributed by atoms with van der Waals surface area (Å²) in [6.07, 6.45) is -0.572. The van der Waals surface area contributed by atoms with Gasteiger partial charge in [-0.25, -0.2) is 0 Å². The largest absolute Gasteiger partial charge is 0.465 e. The summed E-state index contributed by atoms with van der Waals surface area (Å²) in [6, 6.07) is 0. The molecule has 2 aliphatic carbocycles. The van der Waals surface area contributed by atoms with E-state index < -0.39 is 45.6 Å². The molecule has 0 aromatic carbocycles. The highest BCUT2D eigenvalue weighted by molar-refractivity contribution is 6.04. The van der Waals surface area contributed by atoms with Gasteiger partial charge in [-0.15, -0.1) is 0 Å². The molecule has 0 aromatic heterocycles. The normalized spacial score (nSPS) is 25.8. The number of hydrogen-bond acceptors (Lipinski definition) is 6. The van der Waals surface area contributed by atoms with E-state index in [1.807, 2.05) is 0 Å². The average molecular weight is 366 g/mol. The van der Waals surface area contributed by atoms with Gasteiger partial charge in [0.2, 0.25) is 0 Å². The molecule has 0 N–H and O–H groups in total. The summed E-state index contributed by atoms with van der Waals surface area (Å²) in [4.78, 5) is 48.6. The fourth-order valence-corrected chi connectivity index (χ4v) is 5.20. The zero-order valence-corrected chi connectivity index (χ0v) is 17.0. The third kappa shape index (κ3) is 2.78. The third-order valence-corrected chi connectivity index (χ3v) is 6.13. The first-order chi connectivity index (χ1) is 11.6.